The van der Waals surface area contributed by atoms with Gasteiger partial charge < -0.3 is 9.84 Å². The largest absolute Gasteiger partial charge is 0.496 e. The first-order chi connectivity index (χ1) is 7.72. The van der Waals surface area contributed by atoms with E-state index in [0.717, 1.165) is 24.8 Å². The van der Waals surface area contributed by atoms with Crippen molar-refractivity contribution in [2.24, 2.45) is 0 Å². The fraction of sp³-hybridized carbons (Fsp3) is 0.462. The van der Waals surface area contributed by atoms with Crippen LogP contribution in [-0.2, 0) is 24.1 Å². The first-order valence-corrected chi connectivity index (χ1v) is 5.62. The molecule has 0 saturated carbocycles. The predicted molar refractivity (Wildman–Crippen MR) is 61.0 cm³/mol. The molecular weight excluding hydrogens is 204 g/mol. The minimum Gasteiger partial charge on any atom is -0.496 e. The number of rotatable bonds is 3. The summed E-state index contributed by atoms with van der Waals surface area (Å²) in [6, 6.07) is 3.96. The number of benzene rings is 1. The second kappa shape index (κ2) is 4.56. The van der Waals surface area contributed by atoms with Gasteiger partial charge in [0.05, 0.1) is 13.5 Å². The first kappa shape index (κ1) is 11.0. The van der Waals surface area contributed by atoms with E-state index < -0.39 is 5.97 Å². The molecule has 0 radical (unpaired) electrons. The van der Waals surface area contributed by atoms with Crippen LogP contribution >= 0.6 is 0 Å². The number of carboxylic acids is 1. The Morgan fingerprint density at radius 2 is 2.12 bits per heavy atom. The van der Waals surface area contributed by atoms with Crippen molar-refractivity contribution in [3.63, 3.8) is 0 Å². The van der Waals surface area contributed by atoms with Gasteiger partial charge in [0.2, 0.25) is 0 Å². The van der Waals surface area contributed by atoms with E-state index in [0.29, 0.717) is 5.75 Å². The molecule has 3 nitrogen and oxygen atoms in total. The predicted octanol–water partition coefficient (Wildman–Crippen LogP) is 2.20. The van der Waals surface area contributed by atoms with Gasteiger partial charge in [-0.2, -0.15) is 0 Å². The number of ether oxygens (including phenoxy) is 1. The van der Waals surface area contributed by atoms with Gasteiger partial charge in [-0.3, -0.25) is 4.79 Å². The van der Waals surface area contributed by atoms with Crippen LogP contribution in [0.25, 0.3) is 0 Å². The number of hydrogen-bond donors (Lipinski definition) is 1. The number of aliphatic carboxylic acids is 1. The van der Waals surface area contributed by atoms with E-state index in [1.54, 1.807) is 7.11 Å². The molecule has 1 aliphatic carbocycles. The van der Waals surface area contributed by atoms with Gasteiger partial charge in [-0.25, -0.2) is 0 Å². The molecule has 0 heterocycles. The van der Waals surface area contributed by atoms with Crippen molar-refractivity contribution in [2.45, 2.75) is 32.1 Å². The van der Waals surface area contributed by atoms with E-state index in [1.165, 1.54) is 17.5 Å². The van der Waals surface area contributed by atoms with Gasteiger partial charge in [0.15, 0.2) is 0 Å². The maximum absolute atomic E-state index is 10.9. The average Bonchev–Trinajstić information content (AvgIpc) is 2.29. The molecule has 1 aromatic carbocycles. The van der Waals surface area contributed by atoms with Crippen LogP contribution in [0.5, 0.6) is 5.75 Å². The number of fused-ring (bicyclic) bond motifs is 1. The van der Waals surface area contributed by atoms with E-state index in [4.69, 9.17) is 9.84 Å². The monoisotopic (exact) mass is 220 g/mol. The van der Waals surface area contributed by atoms with Crippen molar-refractivity contribution < 1.29 is 14.6 Å². The molecule has 0 spiro atoms. The van der Waals surface area contributed by atoms with Gasteiger partial charge in [-0.1, -0.05) is 6.07 Å². The highest BCUT2D eigenvalue weighted by Crippen LogP contribution is 2.31. The lowest BCUT2D eigenvalue weighted by atomic mass is 9.87. The minimum atomic E-state index is -0.794. The maximum Gasteiger partial charge on any atom is 0.307 e. The molecule has 2 rings (SSSR count). The summed E-state index contributed by atoms with van der Waals surface area (Å²) < 4.78 is 5.25. The lowest BCUT2D eigenvalue weighted by Crippen LogP contribution is -2.11. The summed E-state index contributed by atoms with van der Waals surface area (Å²) >= 11 is 0. The van der Waals surface area contributed by atoms with E-state index in [-0.39, 0.29) is 6.42 Å². The van der Waals surface area contributed by atoms with E-state index in [1.807, 2.05) is 6.07 Å². The van der Waals surface area contributed by atoms with Crippen molar-refractivity contribution in [1.82, 2.24) is 0 Å². The number of aryl methyl sites for hydroxylation is 1. The third-order valence-electron chi connectivity index (χ3n) is 3.16. The van der Waals surface area contributed by atoms with E-state index in [9.17, 15) is 4.79 Å². The quantitative estimate of drug-likeness (QED) is 0.849. The normalized spacial score (nSPS) is 14.3. The Balaban J connectivity index is 2.47. The molecule has 0 saturated heterocycles. The topological polar surface area (TPSA) is 46.5 Å². The van der Waals surface area contributed by atoms with Gasteiger partial charge in [0.1, 0.15) is 5.75 Å². The Labute approximate surface area is 95.0 Å². The molecule has 0 atom stereocenters. The third kappa shape index (κ3) is 2.03. The summed E-state index contributed by atoms with van der Waals surface area (Å²) in [4.78, 5) is 10.9. The average molecular weight is 220 g/mol. The number of carboxylic acid groups (broad SMARTS) is 1. The van der Waals surface area contributed by atoms with E-state index >= 15 is 0 Å². The van der Waals surface area contributed by atoms with Crippen LogP contribution in [0.1, 0.15) is 29.5 Å². The Kier molecular flexibility index (Phi) is 3.13. The fourth-order valence-corrected chi connectivity index (χ4v) is 2.42. The van der Waals surface area contributed by atoms with Crippen LogP contribution in [0.4, 0.5) is 0 Å². The Hall–Kier alpha value is -1.51. The molecule has 0 bridgehead atoms. The van der Waals surface area contributed by atoms with Gasteiger partial charge >= 0.3 is 5.97 Å². The molecule has 3 heteroatoms. The van der Waals surface area contributed by atoms with Crippen molar-refractivity contribution >= 4 is 5.97 Å². The van der Waals surface area contributed by atoms with Gasteiger partial charge in [0, 0.05) is 5.56 Å². The van der Waals surface area contributed by atoms with E-state index in [2.05, 4.69) is 6.07 Å². The number of carbonyl (C=O) groups is 1. The number of hydrogen-bond acceptors (Lipinski definition) is 2. The van der Waals surface area contributed by atoms with Crippen molar-refractivity contribution in [2.75, 3.05) is 7.11 Å². The zero-order valence-electron chi connectivity index (χ0n) is 9.45. The van der Waals surface area contributed by atoms with Crippen molar-refractivity contribution in [1.29, 1.82) is 0 Å². The Bertz CT molecular complexity index is 410. The molecule has 0 aliphatic heterocycles. The van der Waals surface area contributed by atoms with Crippen LogP contribution < -0.4 is 4.74 Å². The summed E-state index contributed by atoms with van der Waals surface area (Å²) in [6.45, 7) is 0. The minimum absolute atomic E-state index is 0.0619. The fourth-order valence-electron chi connectivity index (χ4n) is 2.42. The Morgan fingerprint density at radius 1 is 1.38 bits per heavy atom. The molecular formula is C13H16O3. The van der Waals surface area contributed by atoms with Crippen molar-refractivity contribution in [3.8, 4) is 5.75 Å². The van der Waals surface area contributed by atoms with Crippen LogP contribution in [0.15, 0.2) is 12.1 Å². The maximum atomic E-state index is 10.9. The highest BCUT2D eigenvalue weighted by Gasteiger charge is 2.18. The highest BCUT2D eigenvalue weighted by atomic mass is 16.5. The molecule has 1 aliphatic rings. The molecule has 0 amide bonds. The molecule has 1 aromatic rings. The molecule has 16 heavy (non-hydrogen) atoms. The standard InChI is InChI=1S/C13H16O3/c1-16-12-7-6-9-4-2-3-5-10(9)11(12)8-13(14)15/h6-7H,2-5,8H2,1H3,(H,14,15). The van der Waals surface area contributed by atoms with Crippen molar-refractivity contribution in [3.05, 3.63) is 28.8 Å². The zero-order valence-corrected chi connectivity index (χ0v) is 9.45. The summed E-state index contributed by atoms with van der Waals surface area (Å²) in [5.74, 6) is -0.0830. The summed E-state index contributed by atoms with van der Waals surface area (Å²) in [5.41, 5.74) is 3.36. The lowest BCUT2D eigenvalue weighted by Gasteiger charge is -2.20. The van der Waals surface area contributed by atoms with Crippen LogP contribution in [-0.4, -0.2) is 18.2 Å². The SMILES string of the molecule is COc1ccc2c(c1CC(=O)O)CCCC2. The van der Waals surface area contributed by atoms with Crippen LogP contribution in [0, 0.1) is 0 Å². The second-order valence-corrected chi connectivity index (χ2v) is 4.16. The molecule has 0 aromatic heterocycles. The van der Waals surface area contributed by atoms with Crippen LogP contribution in [0.3, 0.4) is 0 Å². The van der Waals surface area contributed by atoms with Gasteiger partial charge in [-0.05, 0) is 42.9 Å². The summed E-state index contributed by atoms with van der Waals surface area (Å²) in [7, 11) is 1.59. The Morgan fingerprint density at radius 3 is 2.81 bits per heavy atom. The lowest BCUT2D eigenvalue weighted by molar-refractivity contribution is -0.136. The third-order valence-corrected chi connectivity index (χ3v) is 3.16. The van der Waals surface area contributed by atoms with Gasteiger partial charge in [-0.15, -0.1) is 0 Å². The molecule has 0 unspecified atom stereocenters. The van der Waals surface area contributed by atoms with Gasteiger partial charge in [0.25, 0.3) is 0 Å². The smallest absolute Gasteiger partial charge is 0.307 e. The second-order valence-electron chi connectivity index (χ2n) is 4.16. The molecule has 1 N–H and O–H groups in total. The highest BCUT2D eigenvalue weighted by molar-refractivity contribution is 5.72. The molecule has 86 valence electrons. The number of methoxy groups -OCH3 is 1. The summed E-state index contributed by atoms with van der Waals surface area (Å²) in [6.07, 6.45) is 4.45. The zero-order chi connectivity index (χ0) is 11.5. The summed E-state index contributed by atoms with van der Waals surface area (Å²) in [5, 5.41) is 8.93. The first-order valence-electron chi connectivity index (χ1n) is 5.62. The van der Waals surface area contributed by atoms with Crippen LogP contribution in [0.2, 0.25) is 0 Å². The molecule has 0 fully saturated rings.